The van der Waals surface area contributed by atoms with Gasteiger partial charge in [-0.05, 0) is 30.3 Å². The number of nitrogens with one attached hydrogen (secondary N) is 1. The third-order valence-corrected chi connectivity index (χ3v) is 5.82. The molecule has 0 radical (unpaired) electrons. The standard InChI is InChI=1S/C19H17ClF3N3O3S/c1-29-12-2-4-13(5-3-12)30-15-9-16(27)26(18(15)28)7-6-24-17-14(20)8-11(10-25-17)19(21,22)23/h2-5,8,10,15H,6-7,9H2,1H3,(H,24,25)/t15-/m0/s1. The van der Waals surface area contributed by atoms with E-state index < -0.39 is 17.0 Å². The molecule has 0 spiro atoms. The predicted molar refractivity (Wildman–Crippen MR) is 107 cm³/mol. The molecule has 1 atom stereocenters. The summed E-state index contributed by atoms with van der Waals surface area (Å²) in [5, 5.41) is 2.03. The second kappa shape index (κ2) is 9.13. The van der Waals surface area contributed by atoms with Gasteiger partial charge in [-0.15, -0.1) is 11.8 Å². The number of carbonyl (C=O) groups excluding carboxylic acids is 2. The van der Waals surface area contributed by atoms with Crippen molar-refractivity contribution in [3.8, 4) is 5.75 Å². The number of pyridine rings is 1. The van der Waals surface area contributed by atoms with E-state index in [-0.39, 0.29) is 42.2 Å². The van der Waals surface area contributed by atoms with Crippen molar-refractivity contribution in [3.05, 3.63) is 47.1 Å². The van der Waals surface area contributed by atoms with Crippen molar-refractivity contribution in [2.45, 2.75) is 22.7 Å². The van der Waals surface area contributed by atoms with Gasteiger partial charge in [0.15, 0.2) is 0 Å². The van der Waals surface area contributed by atoms with Crippen LogP contribution in [0.1, 0.15) is 12.0 Å². The first-order valence-corrected chi connectivity index (χ1v) is 10.1. The number of thioether (sulfide) groups is 1. The minimum absolute atomic E-state index is 0.0490. The van der Waals surface area contributed by atoms with Crippen molar-refractivity contribution >= 4 is 41.0 Å². The molecule has 2 heterocycles. The molecular weight excluding hydrogens is 443 g/mol. The molecule has 2 aromatic rings. The van der Waals surface area contributed by atoms with Crippen LogP contribution in [-0.2, 0) is 15.8 Å². The number of aromatic nitrogens is 1. The number of likely N-dealkylation sites (tertiary alicyclic amines) is 1. The number of carbonyl (C=O) groups is 2. The van der Waals surface area contributed by atoms with E-state index in [0.29, 0.717) is 11.9 Å². The van der Waals surface area contributed by atoms with Crippen LogP contribution in [0.3, 0.4) is 0 Å². The number of methoxy groups -OCH3 is 1. The molecule has 1 aliphatic heterocycles. The summed E-state index contributed by atoms with van der Waals surface area (Å²) in [6.45, 7) is 0.159. The molecule has 1 aliphatic rings. The Morgan fingerprint density at radius 1 is 1.30 bits per heavy atom. The predicted octanol–water partition coefficient (Wildman–Crippen LogP) is 4.09. The summed E-state index contributed by atoms with van der Waals surface area (Å²) < 4.78 is 43.1. The van der Waals surface area contributed by atoms with Gasteiger partial charge in [-0.3, -0.25) is 14.5 Å². The zero-order valence-electron chi connectivity index (χ0n) is 15.7. The second-order valence-electron chi connectivity index (χ2n) is 6.35. The van der Waals surface area contributed by atoms with Crippen LogP contribution in [0.4, 0.5) is 19.0 Å². The Hall–Kier alpha value is -2.46. The molecule has 6 nitrogen and oxygen atoms in total. The molecule has 2 amide bonds. The van der Waals surface area contributed by atoms with Crippen LogP contribution in [0, 0.1) is 0 Å². The Morgan fingerprint density at radius 3 is 2.60 bits per heavy atom. The fourth-order valence-corrected chi connectivity index (χ4v) is 4.12. The molecule has 0 aliphatic carbocycles. The van der Waals surface area contributed by atoms with Gasteiger partial charge in [-0.1, -0.05) is 11.6 Å². The summed E-state index contributed by atoms with van der Waals surface area (Å²) in [4.78, 5) is 30.4. The van der Waals surface area contributed by atoms with Crippen LogP contribution < -0.4 is 10.1 Å². The van der Waals surface area contributed by atoms with E-state index in [2.05, 4.69) is 10.3 Å². The first-order valence-electron chi connectivity index (χ1n) is 8.80. The lowest BCUT2D eigenvalue weighted by Gasteiger charge is -2.16. The number of alkyl halides is 3. The van der Waals surface area contributed by atoms with Gasteiger partial charge in [0.05, 0.1) is 22.9 Å². The molecule has 1 N–H and O–H groups in total. The molecule has 0 bridgehead atoms. The number of nitrogens with zero attached hydrogens (tertiary/aromatic N) is 2. The smallest absolute Gasteiger partial charge is 0.417 e. The quantitative estimate of drug-likeness (QED) is 0.629. The van der Waals surface area contributed by atoms with Gasteiger partial charge in [-0.25, -0.2) is 4.98 Å². The van der Waals surface area contributed by atoms with Crippen molar-refractivity contribution in [3.63, 3.8) is 0 Å². The normalized spacial score (nSPS) is 16.8. The number of rotatable bonds is 7. The number of ether oxygens (including phenoxy) is 1. The average molecular weight is 460 g/mol. The van der Waals surface area contributed by atoms with E-state index in [1.165, 1.54) is 11.8 Å². The zero-order chi connectivity index (χ0) is 21.9. The monoisotopic (exact) mass is 459 g/mol. The van der Waals surface area contributed by atoms with Crippen LogP contribution in [0.5, 0.6) is 5.75 Å². The second-order valence-corrected chi connectivity index (χ2v) is 8.03. The van der Waals surface area contributed by atoms with Crippen molar-refractivity contribution in [1.29, 1.82) is 0 Å². The van der Waals surface area contributed by atoms with Gasteiger partial charge in [0.2, 0.25) is 11.8 Å². The maximum atomic E-state index is 12.7. The lowest BCUT2D eigenvalue weighted by molar-refractivity contribution is -0.139. The topological polar surface area (TPSA) is 71.5 Å². The molecule has 0 saturated carbocycles. The molecule has 11 heteroatoms. The lowest BCUT2D eigenvalue weighted by atomic mass is 10.3. The number of amides is 2. The minimum Gasteiger partial charge on any atom is -0.497 e. The van der Waals surface area contributed by atoms with Crippen LogP contribution in [0.25, 0.3) is 0 Å². The van der Waals surface area contributed by atoms with Gasteiger partial charge in [0, 0.05) is 30.6 Å². The van der Waals surface area contributed by atoms with E-state index in [1.807, 2.05) is 12.1 Å². The third-order valence-electron chi connectivity index (χ3n) is 4.34. The number of hydrogen-bond donors (Lipinski definition) is 1. The highest BCUT2D eigenvalue weighted by Crippen LogP contribution is 2.33. The Morgan fingerprint density at radius 2 is 2.00 bits per heavy atom. The first-order chi connectivity index (χ1) is 14.2. The number of hydrogen-bond acceptors (Lipinski definition) is 6. The highest BCUT2D eigenvalue weighted by molar-refractivity contribution is 8.00. The summed E-state index contributed by atoms with van der Waals surface area (Å²) in [7, 11) is 1.56. The summed E-state index contributed by atoms with van der Waals surface area (Å²) in [5.41, 5.74) is -0.957. The van der Waals surface area contributed by atoms with E-state index in [9.17, 15) is 22.8 Å². The Bertz CT molecular complexity index is 941. The van der Waals surface area contributed by atoms with Crippen molar-refractivity contribution in [2.24, 2.45) is 0 Å². The molecular formula is C19H17ClF3N3O3S. The van der Waals surface area contributed by atoms with E-state index >= 15 is 0 Å². The number of anilines is 1. The van der Waals surface area contributed by atoms with Crippen molar-refractivity contribution in [2.75, 3.05) is 25.5 Å². The van der Waals surface area contributed by atoms with Crippen LogP contribution in [0.15, 0.2) is 41.4 Å². The summed E-state index contributed by atoms with van der Waals surface area (Å²) in [5.74, 6) is 0.123. The summed E-state index contributed by atoms with van der Waals surface area (Å²) >= 11 is 7.13. The van der Waals surface area contributed by atoms with Gasteiger partial charge >= 0.3 is 6.18 Å². The van der Waals surface area contributed by atoms with E-state index in [4.69, 9.17) is 16.3 Å². The highest BCUT2D eigenvalue weighted by Gasteiger charge is 2.38. The van der Waals surface area contributed by atoms with Crippen LogP contribution in [-0.4, -0.2) is 47.1 Å². The van der Waals surface area contributed by atoms with E-state index in [1.54, 1.807) is 19.2 Å². The molecule has 3 rings (SSSR count). The maximum Gasteiger partial charge on any atom is 0.417 e. The van der Waals surface area contributed by atoms with Crippen molar-refractivity contribution in [1.82, 2.24) is 9.88 Å². The average Bonchev–Trinajstić information content (AvgIpc) is 2.96. The zero-order valence-corrected chi connectivity index (χ0v) is 17.3. The van der Waals surface area contributed by atoms with Crippen molar-refractivity contribution < 1.29 is 27.5 Å². The van der Waals surface area contributed by atoms with Gasteiger partial charge in [0.25, 0.3) is 0 Å². The Balaban J connectivity index is 1.55. The van der Waals surface area contributed by atoms with Crippen LogP contribution in [0.2, 0.25) is 5.02 Å². The third kappa shape index (κ3) is 5.17. The molecule has 1 aromatic carbocycles. The van der Waals surface area contributed by atoms with Gasteiger partial charge in [-0.2, -0.15) is 13.2 Å². The summed E-state index contributed by atoms with van der Waals surface area (Å²) in [6, 6.07) is 7.93. The number of benzene rings is 1. The van der Waals surface area contributed by atoms with Gasteiger partial charge < -0.3 is 10.1 Å². The maximum absolute atomic E-state index is 12.7. The Labute approximate surface area is 179 Å². The van der Waals surface area contributed by atoms with Gasteiger partial charge in [0.1, 0.15) is 11.6 Å². The van der Waals surface area contributed by atoms with Crippen LogP contribution >= 0.6 is 23.4 Å². The lowest BCUT2D eigenvalue weighted by Crippen LogP contribution is -2.35. The summed E-state index contributed by atoms with van der Waals surface area (Å²) in [6.07, 6.45) is -3.79. The molecule has 1 saturated heterocycles. The largest absolute Gasteiger partial charge is 0.497 e. The molecule has 160 valence electrons. The minimum atomic E-state index is -4.54. The van der Waals surface area contributed by atoms with E-state index in [0.717, 1.165) is 15.9 Å². The SMILES string of the molecule is COc1ccc(S[C@H]2CC(=O)N(CCNc3ncc(C(F)(F)F)cc3Cl)C2=O)cc1. The first kappa shape index (κ1) is 22.2. The molecule has 0 unspecified atom stereocenters. The molecule has 1 aromatic heterocycles. The Kier molecular flexibility index (Phi) is 6.77. The number of halogens is 4. The molecule has 30 heavy (non-hydrogen) atoms. The fraction of sp³-hybridized carbons (Fsp3) is 0.316. The fourth-order valence-electron chi connectivity index (χ4n) is 2.81. The number of imide groups is 1. The highest BCUT2D eigenvalue weighted by atomic mass is 35.5. The molecule has 1 fully saturated rings.